The topological polar surface area (TPSA) is 97.5 Å². The first-order valence-corrected chi connectivity index (χ1v) is 6.03. The number of primary sulfonamides is 1. The van der Waals surface area contributed by atoms with Gasteiger partial charge in [-0.1, -0.05) is 0 Å². The molecule has 0 aliphatic rings. The van der Waals surface area contributed by atoms with E-state index in [1.165, 1.54) is 0 Å². The summed E-state index contributed by atoms with van der Waals surface area (Å²) in [4.78, 5) is 10.2. The molecule has 0 atom stereocenters. The number of rotatable bonds is 2. The van der Waals surface area contributed by atoms with Crippen molar-refractivity contribution in [1.82, 2.24) is 0 Å². The van der Waals surface area contributed by atoms with Crippen LogP contribution in [-0.2, 0) is 10.0 Å². The first-order valence-electron chi connectivity index (χ1n) is 2.88. The van der Waals surface area contributed by atoms with E-state index in [9.17, 15) is 13.2 Å². The van der Waals surface area contributed by atoms with Crippen molar-refractivity contribution >= 4 is 43.3 Å². The minimum absolute atomic E-state index is 0.0732. The van der Waals surface area contributed by atoms with E-state index in [2.05, 4.69) is 15.9 Å². The Morgan fingerprint density at radius 2 is 2.15 bits per heavy atom. The Morgan fingerprint density at radius 1 is 1.62 bits per heavy atom. The van der Waals surface area contributed by atoms with Crippen LogP contribution in [0.25, 0.3) is 0 Å². The summed E-state index contributed by atoms with van der Waals surface area (Å²) in [6.45, 7) is 0. The predicted molar refractivity (Wildman–Crippen MR) is 50.4 cm³/mol. The molecular formula is C5H4BrNO4S2. The van der Waals surface area contributed by atoms with Crippen molar-refractivity contribution in [3.63, 3.8) is 0 Å². The van der Waals surface area contributed by atoms with E-state index in [4.69, 9.17) is 10.2 Å². The van der Waals surface area contributed by atoms with E-state index in [1.807, 2.05) is 0 Å². The molecule has 1 aromatic rings. The number of thiophene rings is 1. The molecule has 0 amide bonds. The lowest BCUT2D eigenvalue weighted by molar-refractivity contribution is 0.0702. The van der Waals surface area contributed by atoms with Gasteiger partial charge in [0.1, 0.15) is 9.77 Å². The number of nitrogens with two attached hydrogens (primary N) is 1. The molecule has 72 valence electrons. The van der Waals surface area contributed by atoms with Gasteiger partial charge in [-0.2, -0.15) is 0 Å². The molecule has 1 heterocycles. The molecular weight excluding hydrogens is 282 g/mol. The largest absolute Gasteiger partial charge is 0.477 e. The molecule has 0 unspecified atom stereocenters. The van der Waals surface area contributed by atoms with E-state index in [1.54, 1.807) is 0 Å². The van der Waals surface area contributed by atoms with E-state index in [0.29, 0.717) is 0 Å². The molecule has 0 aromatic carbocycles. The van der Waals surface area contributed by atoms with E-state index in [-0.39, 0.29) is 13.6 Å². The van der Waals surface area contributed by atoms with Crippen molar-refractivity contribution in [2.75, 3.05) is 0 Å². The maximum absolute atomic E-state index is 10.9. The molecule has 1 aromatic heterocycles. The summed E-state index contributed by atoms with van der Waals surface area (Å²) < 4.78 is 21.9. The first kappa shape index (κ1) is 10.6. The zero-order valence-electron chi connectivity index (χ0n) is 6.02. The number of sulfonamides is 1. The maximum Gasteiger partial charge on any atom is 0.345 e. The molecule has 0 spiro atoms. The number of halogens is 1. The molecule has 0 radical (unpaired) electrons. The van der Waals surface area contributed by atoms with E-state index in [0.717, 1.165) is 17.4 Å². The van der Waals surface area contributed by atoms with E-state index >= 15 is 0 Å². The zero-order valence-corrected chi connectivity index (χ0v) is 9.24. The quantitative estimate of drug-likeness (QED) is 0.842. The highest BCUT2D eigenvalue weighted by molar-refractivity contribution is 9.11. The maximum atomic E-state index is 10.9. The molecule has 5 nitrogen and oxygen atoms in total. The highest BCUT2D eigenvalue weighted by atomic mass is 79.9. The van der Waals surface area contributed by atoms with Gasteiger partial charge in [0.05, 0.1) is 3.79 Å². The van der Waals surface area contributed by atoms with Gasteiger partial charge in [-0.25, -0.2) is 18.4 Å². The van der Waals surface area contributed by atoms with Crippen molar-refractivity contribution < 1.29 is 18.3 Å². The van der Waals surface area contributed by atoms with Gasteiger partial charge in [-0.3, -0.25) is 0 Å². The lowest BCUT2D eigenvalue weighted by Gasteiger charge is -1.91. The number of carboxylic acid groups (broad SMARTS) is 1. The average molecular weight is 286 g/mol. The molecule has 0 aliphatic carbocycles. The van der Waals surface area contributed by atoms with Crippen LogP contribution in [-0.4, -0.2) is 19.5 Å². The van der Waals surface area contributed by atoms with Crippen LogP contribution in [0.5, 0.6) is 0 Å². The lowest BCUT2D eigenvalue weighted by atomic mass is 10.5. The molecule has 0 saturated carbocycles. The number of carbonyl (C=O) groups is 1. The van der Waals surface area contributed by atoms with Gasteiger partial charge in [0.2, 0.25) is 10.0 Å². The normalized spacial score (nSPS) is 11.5. The number of hydrogen-bond donors (Lipinski definition) is 2. The highest BCUT2D eigenvalue weighted by Gasteiger charge is 2.19. The summed E-state index contributed by atoms with van der Waals surface area (Å²) in [5, 5.41) is 13.4. The summed E-state index contributed by atoms with van der Waals surface area (Å²) >= 11 is 3.72. The monoisotopic (exact) mass is 285 g/mol. The summed E-state index contributed by atoms with van der Waals surface area (Å²) in [6.07, 6.45) is 0. The molecule has 13 heavy (non-hydrogen) atoms. The predicted octanol–water partition coefficient (Wildman–Crippen LogP) is 0.856. The first-order chi connectivity index (χ1) is 5.82. The highest BCUT2D eigenvalue weighted by Crippen LogP contribution is 2.30. The fourth-order valence-corrected chi connectivity index (χ4v) is 3.64. The third-order valence-electron chi connectivity index (χ3n) is 1.17. The van der Waals surface area contributed by atoms with Gasteiger partial charge in [0.15, 0.2) is 0 Å². The van der Waals surface area contributed by atoms with Gasteiger partial charge in [-0.05, 0) is 22.0 Å². The molecule has 0 bridgehead atoms. The van der Waals surface area contributed by atoms with Crippen LogP contribution in [0.4, 0.5) is 0 Å². The SMILES string of the molecule is NS(=O)(=O)c1cc(C(=O)O)sc1Br. The Bertz CT molecular complexity index is 449. The van der Waals surface area contributed by atoms with Crippen molar-refractivity contribution in [2.24, 2.45) is 5.14 Å². The Labute approximate surface area is 86.4 Å². The fraction of sp³-hybridized carbons (Fsp3) is 0. The molecule has 0 aliphatic heterocycles. The Kier molecular flexibility index (Phi) is 2.76. The fourth-order valence-electron chi connectivity index (χ4n) is 0.651. The minimum atomic E-state index is -3.85. The second kappa shape index (κ2) is 3.37. The van der Waals surface area contributed by atoms with Crippen molar-refractivity contribution in [3.8, 4) is 0 Å². The third-order valence-corrected chi connectivity index (χ3v) is 4.32. The van der Waals surface area contributed by atoms with Gasteiger partial charge in [-0.15, -0.1) is 11.3 Å². The molecule has 3 N–H and O–H groups in total. The van der Waals surface area contributed by atoms with Gasteiger partial charge < -0.3 is 5.11 Å². The number of aromatic carboxylic acids is 1. The summed E-state index contributed by atoms with van der Waals surface area (Å²) in [6, 6.07) is 1.02. The Balaban J connectivity index is 3.35. The van der Waals surface area contributed by atoms with Crippen LogP contribution >= 0.6 is 27.3 Å². The smallest absolute Gasteiger partial charge is 0.345 e. The van der Waals surface area contributed by atoms with Crippen molar-refractivity contribution in [3.05, 3.63) is 14.7 Å². The van der Waals surface area contributed by atoms with Crippen LogP contribution in [0.15, 0.2) is 14.7 Å². The summed E-state index contributed by atoms with van der Waals surface area (Å²) in [5.41, 5.74) is 0. The summed E-state index contributed by atoms with van der Waals surface area (Å²) in [7, 11) is -3.85. The standard InChI is InChI=1S/C5H4BrNO4S2/c6-4-3(13(7,10)11)1-2(12-4)5(8)9/h1H,(H,8,9)(H2,7,10,11). The molecule has 8 heteroatoms. The Hall–Kier alpha value is -0.440. The second-order valence-electron chi connectivity index (χ2n) is 2.10. The number of carboxylic acids is 1. The van der Waals surface area contributed by atoms with Gasteiger partial charge >= 0.3 is 5.97 Å². The van der Waals surface area contributed by atoms with Crippen LogP contribution < -0.4 is 5.14 Å². The van der Waals surface area contributed by atoms with Gasteiger partial charge in [0.25, 0.3) is 0 Å². The molecule has 1 rings (SSSR count). The van der Waals surface area contributed by atoms with Crippen LogP contribution in [0.2, 0.25) is 0 Å². The number of hydrogen-bond acceptors (Lipinski definition) is 4. The van der Waals surface area contributed by atoms with Crippen LogP contribution in [0.1, 0.15) is 9.67 Å². The lowest BCUT2D eigenvalue weighted by Crippen LogP contribution is -2.11. The zero-order chi connectivity index (χ0) is 10.2. The average Bonchev–Trinajstić information content (AvgIpc) is 2.29. The summed E-state index contributed by atoms with van der Waals surface area (Å²) in [5.74, 6) is -1.18. The van der Waals surface area contributed by atoms with Crippen LogP contribution in [0.3, 0.4) is 0 Å². The molecule has 0 saturated heterocycles. The van der Waals surface area contributed by atoms with E-state index < -0.39 is 16.0 Å². The van der Waals surface area contributed by atoms with Gasteiger partial charge in [0, 0.05) is 0 Å². The third kappa shape index (κ3) is 2.27. The molecule has 0 fully saturated rings. The second-order valence-corrected chi connectivity index (χ2v) is 6.00. The van der Waals surface area contributed by atoms with Crippen LogP contribution in [0, 0.1) is 0 Å². The minimum Gasteiger partial charge on any atom is -0.477 e. The van der Waals surface area contributed by atoms with Crippen molar-refractivity contribution in [1.29, 1.82) is 0 Å². The van der Waals surface area contributed by atoms with Crippen molar-refractivity contribution in [2.45, 2.75) is 4.90 Å². The Morgan fingerprint density at radius 3 is 2.38 bits per heavy atom.